The summed E-state index contributed by atoms with van der Waals surface area (Å²) in [6.45, 7) is 0. The van der Waals surface area contributed by atoms with E-state index in [0.29, 0.717) is 38.5 Å². The number of aromatic nitrogens is 4. The van der Waals surface area contributed by atoms with E-state index < -0.39 is 0 Å². The van der Waals surface area contributed by atoms with Crippen LogP contribution in [0.15, 0.2) is 90.6 Å². The van der Waals surface area contributed by atoms with Crippen molar-refractivity contribution in [2.75, 3.05) is 0 Å². The van der Waals surface area contributed by atoms with Crippen LogP contribution in [0.5, 0.6) is 0 Å². The van der Waals surface area contributed by atoms with Crippen LogP contribution in [0.4, 0.5) is 0 Å². The Hall–Kier alpha value is -4.04. The molecule has 0 saturated heterocycles. The van der Waals surface area contributed by atoms with Crippen LogP contribution in [0.25, 0.3) is 24.3 Å². The minimum atomic E-state index is -0.162. The van der Waals surface area contributed by atoms with Crippen LogP contribution in [-0.4, -0.2) is 31.4 Å². The van der Waals surface area contributed by atoms with Crippen molar-refractivity contribution < 1.29 is 9.59 Å². The zero-order chi connectivity index (χ0) is 30.0. The van der Waals surface area contributed by atoms with E-state index in [9.17, 15) is 9.59 Å². The Kier molecular flexibility index (Phi) is 12.1. The van der Waals surface area contributed by atoms with Crippen molar-refractivity contribution in [2.45, 2.75) is 39.5 Å². The number of rotatable bonds is 7. The predicted octanol–water partition coefficient (Wildman–Crippen LogP) is 10.0. The average Bonchev–Trinajstić information content (AvgIpc) is 3.85. The smallest absolute Gasteiger partial charge is 0.273 e. The van der Waals surface area contributed by atoms with E-state index in [1.54, 1.807) is 54.9 Å². The Bertz CT molecular complexity index is 1700. The lowest BCUT2D eigenvalue weighted by Crippen LogP contribution is -2.14. The second kappa shape index (κ2) is 16.1. The number of hydrogen-bond donors (Lipinski definition) is 0. The lowest BCUT2D eigenvalue weighted by atomic mass is 10.0. The molecular weight excluding hydrogens is 611 g/mol. The number of hydrogen-bond acceptors (Lipinski definition) is 5. The van der Waals surface area contributed by atoms with E-state index in [2.05, 4.69) is 10.2 Å². The van der Waals surface area contributed by atoms with Crippen molar-refractivity contribution in [3.63, 3.8) is 0 Å². The molecule has 3 heterocycles. The van der Waals surface area contributed by atoms with Crippen LogP contribution in [0.2, 0.25) is 10.0 Å². The van der Waals surface area contributed by atoms with Gasteiger partial charge in [0, 0.05) is 28.2 Å². The van der Waals surface area contributed by atoms with Gasteiger partial charge in [0.05, 0.1) is 22.5 Å². The summed E-state index contributed by atoms with van der Waals surface area (Å²) in [7, 11) is 0. The van der Waals surface area contributed by atoms with Crippen molar-refractivity contribution in [3.05, 3.63) is 128 Å². The summed E-state index contributed by atoms with van der Waals surface area (Å²) in [5.41, 5.74) is 3.32. The molecule has 5 aromatic rings. The Morgan fingerprint density at radius 1 is 0.864 bits per heavy atom. The number of carbonyl (C=O) groups is 2. The van der Waals surface area contributed by atoms with E-state index >= 15 is 0 Å². The third kappa shape index (κ3) is 8.76. The molecule has 6 nitrogen and oxygen atoms in total. The first kappa shape index (κ1) is 32.9. The fraction of sp³-hybridized carbons (Fsp3) is 0.200. The molecule has 6 rings (SSSR count). The topological polar surface area (TPSA) is 69.8 Å². The standard InChI is InChI=1S/C18H20N2O.C16H10Cl2N2OS.CH4/c21-18(14-16-8-4-5-9-16)20-13-12-17(19-20)11-10-15-6-2-1-3-7-15;17-13-3-1-4-14(18)12(13)7-6-11-8-9-19-20(11)16(21)15-5-2-10-22-15;/h1-3,6-7,10-13,16H,4-5,8-9,14H2;1-10H;1H4/b11-10+;7-6+;. The Labute approximate surface area is 272 Å². The van der Waals surface area contributed by atoms with Crippen molar-refractivity contribution >= 4 is 70.7 Å². The van der Waals surface area contributed by atoms with Gasteiger partial charge in [-0.1, -0.05) is 92.0 Å². The molecular formula is C35H34Cl2N4O2S. The predicted molar refractivity (Wildman–Crippen MR) is 183 cm³/mol. The monoisotopic (exact) mass is 644 g/mol. The van der Waals surface area contributed by atoms with Gasteiger partial charge in [-0.3, -0.25) is 9.59 Å². The van der Waals surface area contributed by atoms with Crippen LogP contribution < -0.4 is 0 Å². The summed E-state index contributed by atoms with van der Waals surface area (Å²) in [6, 6.07) is 22.6. The molecule has 1 saturated carbocycles. The molecule has 0 spiro atoms. The summed E-state index contributed by atoms with van der Waals surface area (Å²) in [5.74, 6) is 0.510. The van der Waals surface area contributed by atoms with Crippen LogP contribution in [-0.2, 0) is 0 Å². The van der Waals surface area contributed by atoms with Crippen LogP contribution in [0.3, 0.4) is 0 Å². The van der Waals surface area contributed by atoms with E-state index in [0.717, 1.165) is 11.3 Å². The van der Waals surface area contributed by atoms with Gasteiger partial charge in [0.1, 0.15) is 0 Å². The van der Waals surface area contributed by atoms with E-state index in [4.69, 9.17) is 23.2 Å². The molecule has 1 aliphatic rings. The van der Waals surface area contributed by atoms with E-state index in [1.807, 2.05) is 60.0 Å². The van der Waals surface area contributed by atoms with Gasteiger partial charge in [-0.2, -0.15) is 14.9 Å². The fourth-order valence-electron chi connectivity index (χ4n) is 4.82. The van der Waals surface area contributed by atoms with Crippen LogP contribution in [0.1, 0.15) is 76.5 Å². The normalized spacial score (nSPS) is 13.1. The molecule has 44 heavy (non-hydrogen) atoms. The second-order valence-electron chi connectivity index (χ2n) is 10.1. The highest BCUT2D eigenvalue weighted by molar-refractivity contribution is 7.12. The van der Waals surface area contributed by atoms with Crippen molar-refractivity contribution in [1.82, 2.24) is 19.6 Å². The molecule has 0 N–H and O–H groups in total. The molecule has 3 aromatic heterocycles. The maximum Gasteiger partial charge on any atom is 0.288 e. The zero-order valence-electron chi connectivity index (χ0n) is 23.4. The molecule has 0 amide bonds. The lowest BCUT2D eigenvalue weighted by molar-refractivity contribution is 0.0863. The molecule has 9 heteroatoms. The minimum Gasteiger partial charge on any atom is -0.273 e. The fourth-order valence-corrected chi connectivity index (χ4v) is 5.99. The molecule has 0 bridgehead atoms. The van der Waals surface area contributed by atoms with Crippen LogP contribution >= 0.6 is 34.5 Å². The van der Waals surface area contributed by atoms with Crippen molar-refractivity contribution in [2.24, 2.45) is 5.92 Å². The summed E-state index contributed by atoms with van der Waals surface area (Å²) in [4.78, 5) is 25.2. The van der Waals surface area contributed by atoms with Gasteiger partial charge in [0.2, 0.25) is 5.91 Å². The van der Waals surface area contributed by atoms with E-state index in [-0.39, 0.29) is 19.2 Å². The van der Waals surface area contributed by atoms with Crippen molar-refractivity contribution in [3.8, 4) is 0 Å². The summed E-state index contributed by atoms with van der Waals surface area (Å²) in [6.07, 6.45) is 16.4. The molecule has 2 aromatic carbocycles. The summed E-state index contributed by atoms with van der Waals surface area (Å²) in [5, 5.41) is 11.4. The van der Waals surface area contributed by atoms with Gasteiger partial charge in [-0.15, -0.1) is 11.3 Å². The zero-order valence-corrected chi connectivity index (χ0v) is 25.7. The number of nitrogens with zero attached hydrogens (tertiary/aromatic N) is 4. The molecule has 0 unspecified atom stereocenters. The molecule has 1 fully saturated rings. The highest BCUT2D eigenvalue weighted by Gasteiger charge is 2.19. The van der Waals surface area contributed by atoms with Gasteiger partial charge in [0.15, 0.2) is 0 Å². The first-order chi connectivity index (χ1) is 21.0. The van der Waals surface area contributed by atoms with Gasteiger partial charge in [-0.25, -0.2) is 4.68 Å². The maximum absolute atomic E-state index is 12.4. The highest BCUT2D eigenvalue weighted by atomic mass is 35.5. The SMILES string of the molecule is C.O=C(CC1CCCC1)n1ccc(/C=C/c2ccccc2)n1.O=C(c1cccs1)n1nccc1/C=C/c1c(Cl)cccc1Cl. The largest absolute Gasteiger partial charge is 0.288 e. The Morgan fingerprint density at radius 3 is 2.32 bits per heavy atom. The summed E-state index contributed by atoms with van der Waals surface area (Å²) < 4.78 is 2.84. The second-order valence-corrected chi connectivity index (χ2v) is 11.9. The number of thiophene rings is 1. The minimum absolute atomic E-state index is 0. The maximum atomic E-state index is 12.4. The Balaban J connectivity index is 0.000000197. The van der Waals surface area contributed by atoms with E-state index in [1.165, 1.54) is 46.4 Å². The average molecular weight is 646 g/mol. The number of halogens is 2. The highest BCUT2D eigenvalue weighted by Crippen LogP contribution is 2.28. The molecule has 0 atom stereocenters. The van der Waals surface area contributed by atoms with Gasteiger partial charge < -0.3 is 0 Å². The first-order valence-electron chi connectivity index (χ1n) is 14.0. The molecule has 0 radical (unpaired) electrons. The van der Waals surface area contributed by atoms with Crippen LogP contribution in [0, 0.1) is 5.92 Å². The third-order valence-corrected chi connectivity index (χ3v) is 8.58. The first-order valence-corrected chi connectivity index (χ1v) is 15.7. The van der Waals surface area contributed by atoms with Crippen molar-refractivity contribution in [1.29, 1.82) is 0 Å². The van der Waals surface area contributed by atoms with Gasteiger partial charge in [0.25, 0.3) is 5.91 Å². The lowest BCUT2D eigenvalue weighted by Gasteiger charge is -2.06. The molecule has 1 aliphatic carbocycles. The Morgan fingerprint density at radius 2 is 1.61 bits per heavy atom. The molecule has 226 valence electrons. The summed E-state index contributed by atoms with van der Waals surface area (Å²) >= 11 is 13.6. The third-order valence-electron chi connectivity index (χ3n) is 7.07. The quantitative estimate of drug-likeness (QED) is 0.177. The number of benzene rings is 2. The van der Waals surface area contributed by atoms with Gasteiger partial charge >= 0.3 is 0 Å². The molecule has 0 aliphatic heterocycles. The van der Waals surface area contributed by atoms with Gasteiger partial charge in [-0.05, 0) is 78.3 Å². The number of carbonyl (C=O) groups excluding carboxylic acids is 2.